The van der Waals surface area contributed by atoms with E-state index in [4.69, 9.17) is 5.73 Å². The van der Waals surface area contributed by atoms with Gasteiger partial charge in [0.1, 0.15) is 0 Å². The summed E-state index contributed by atoms with van der Waals surface area (Å²) in [6.45, 7) is 0.123. The summed E-state index contributed by atoms with van der Waals surface area (Å²) >= 11 is 1.38. The Labute approximate surface area is 124 Å². The van der Waals surface area contributed by atoms with E-state index in [1.807, 2.05) is 0 Å². The number of alkyl halides is 2. The SMILES string of the molecule is CC1Sc2ccc(C(=O)NCC(F)(F)CN)cc2NC1=O. The molecular formula is C13H15F2N3O2S. The van der Waals surface area contributed by atoms with Crippen molar-refractivity contribution < 1.29 is 18.4 Å². The number of fused-ring (bicyclic) bond motifs is 1. The van der Waals surface area contributed by atoms with E-state index in [1.54, 1.807) is 13.0 Å². The number of benzene rings is 1. The van der Waals surface area contributed by atoms with E-state index in [0.29, 0.717) is 5.69 Å². The van der Waals surface area contributed by atoms with Gasteiger partial charge in [-0.05, 0) is 25.1 Å². The number of hydrogen-bond acceptors (Lipinski definition) is 4. The Hall–Kier alpha value is -1.67. The Balaban J connectivity index is 2.10. The van der Waals surface area contributed by atoms with Crippen LogP contribution in [0.5, 0.6) is 0 Å². The second-order valence-electron chi connectivity index (χ2n) is 4.70. The molecule has 8 heteroatoms. The van der Waals surface area contributed by atoms with Gasteiger partial charge in [-0.25, -0.2) is 8.78 Å². The van der Waals surface area contributed by atoms with Gasteiger partial charge in [-0.1, -0.05) is 0 Å². The molecule has 1 aliphatic heterocycles. The normalized spacial score (nSPS) is 17.9. The molecule has 4 N–H and O–H groups in total. The van der Waals surface area contributed by atoms with Crippen LogP contribution in [0, 0.1) is 0 Å². The molecule has 0 aliphatic carbocycles. The van der Waals surface area contributed by atoms with Crippen LogP contribution in [-0.2, 0) is 4.79 Å². The van der Waals surface area contributed by atoms with E-state index < -0.39 is 24.9 Å². The summed E-state index contributed by atoms with van der Waals surface area (Å²) in [5.41, 5.74) is 5.62. The molecule has 114 valence electrons. The van der Waals surface area contributed by atoms with Crippen LogP contribution in [0.2, 0.25) is 0 Å². The predicted molar refractivity (Wildman–Crippen MR) is 76.7 cm³/mol. The third-order valence-corrected chi connectivity index (χ3v) is 4.16. The fourth-order valence-corrected chi connectivity index (χ4v) is 2.66. The Morgan fingerprint density at radius 2 is 2.24 bits per heavy atom. The zero-order chi connectivity index (χ0) is 15.6. The fraction of sp³-hybridized carbons (Fsp3) is 0.385. The maximum Gasteiger partial charge on any atom is 0.277 e. The summed E-state index contributed by atoms with van der Waals surface area (Å²) in [6.07, 6.45) is 0. The van der Waals surface area contributed by atoms with Crippen LogP contribution in [-0.4, -0.2) is 36.1 Å². The average molecular weight is 315 g/mol. The Bertz CT molecular complexity index is 581. The third-order valence-electron chi connectivity index (χ3n) is 2.98. The minimum atomic E-state index is -3.14. The van der Waals surface area contributed by atoms with Crippen molar-refractivity contribution in [1.29, 1.82) is 0 Å². The average Bonchev–Trinajstić information content (AvgIpc) is 2.45. The maximum absolute atomic E-state index is 13.0. The van der Waals surface area contributed by atoms with Gasteiger partial charge in [0, 0.05) is 10.5 Å². The largest absolute Gasteiger partial charge is 0.346 e. The van der Waals surface area contributed by atoms with Crippen molar-refractivity contribution in [2.75, 3.05) is 18.4 Å². The van der Waals surface area contributed by atoms with E-state index in [2.05, 4.69) is 10.6 Å². The molecule has 21 heavy (non-hydrogen) atoms. The van der Waals surface area contributed by atoms with Crippen LogP contribution in [0.15, 0.2) is 23.1 Å². The van der Waals surface area contributed by atoms with Gasteiger partial charge in [0.05, 0.1) is 24.0 Å². The topological polar surface area (TPSA) is 84.2 Å². The number of hydrogen-bond donors (Lipinski definition) is 3. The van der Waals surface area contributed by atoms with E-state index >= 15 is 0 Å². The number of nitrogens with two attached hydrogens (primary N) is 1. The number of nitrogens with one attached hydrogen (secondary N) is 2. The van der Waals surface area contributed by atoms with Gasteiger partial charge < -0.3 is 16.4 Å². The molecule has 0 radical (unpaired) electrons. The van der Waals surface area contributed by atoms with Crippen molar-refractivity contribution in [3.63, 3.8) is 0 Å². The Kier molecular flexibility index (Phi) is 4.48. The lowest BCUT2D eigenvalue weighted by molar-refractivity contribution is -0.115. The highest BCUT2D eigenvalue weighted by atomic mass is 32.2. The highest BCUT2D eigenvalue weighted by molar-refractivity contribution is 8.00. The summed E-state index contributed by atoms with van der Waals surface area (Å²) in [5.74, 6) is -3.92. The number of halogens is 2. The number of carbonyl (C=O) groups is 2. The second-order valence-corrected chi connectivity index (χ2v) is 6.09. The van der Waals surface area contributed by atoms with Gasteiger partial charge in [0.25, 0.3) is 11.8 Å². The first-order valence-electron chi connectivity index (χ1n) is 6.30. The fourth-order valence-electron chi connectivity index (χ4n) is 1.73. The standard InChI is InChI=1S/C13H15F2N3O2S/c1-7-11(19)18-9-4-8(2-3-10(9)21-7)12(20)17-6-13(14,15)5-16/h2-4,7H,5-6,16H2,1H3,(H,17,20)(H,18,19). The first-order chi connectivity index (χ1) is 9.82. The molecule has 2 amide bonds. The predicted octanol–water partition coefficient (Wildman–Crippen LogP) is 1.44. The van der Waals surface area contributed by atoms with Crippen LogP contribution in [0.25, 0.3) is 0 Å². The second kappa shape index (κ2) is 5.98. The molecule has 1 aromatic rings. The number of anilines is 1. The van der Waals surface area contributed by atoms with Crippen LogP contribution in [0.3, 0.4) is 0 Å². The molecule has 0 fully saturated rings. The van der Waals surface area contributed by atoms with Crippen LogP contribution >= 0.6 is 11.8 Å². The van der Waals surface area contributed by atoms with Crippen molar-refractivity contribution >= 4 is 29.3 Å². The van der Waals surface area contributed by atoms with E-state index in [0.717, 1.165) is 4.90 Å². The van der Waals surface area contributed by atoms with Crippen molar-refractivity contribution in [3.05, 3.63) is 23.8 Å². The molecule has 2 rings (SSSR count). The van der Waals surface area contributed by atoms with Crippen molar-refractivity contribution in [2.45, 2.75) is 23.0 Å². The van der Waals surface area contributed by atoms with Gasteiger partial charge in [-0.2, -0.15) is 0 Å². The van der Waals surface area contributed by atoms with Crippen LogP contribution < -0.4 is 16.4 Å². The molecule has 0 saturated carbocycles. The summed E-state index contributed by atoms with van der Waals surface area (Å²) in [7, 11) is 0. The van der Waals surface area contributed by atoms with Gasteiger partial charge in [0.15, 0.2) is 0 Å². The zero-order valence-electron chi connectivity index (χ0n) is 11.3. The Morgan fingerprint density at radius 1 is 1.52 bits per heavy atom. The Morgan fingerprint density at radius 3 is 2.90 bits per heavy atom. The van der Waals surface area contributed by atoms with Crippen molar-refractivity contribution in [3.8, 4) is 0 Å². The van der Waals surface area contributed by atoms with Gasteiger partial charge in [-0.15, -0.1) is 11.8 Å². The number of amides is 2. The van der Waals surface area contributed by atoms with Gasteiger partial charge in [-0.3, -0.25) is 9.59 Å². The first kappa shape index (κ1) is 15.7. The lowest BCUT2D eigenvalue weighted by Crippen LogP contribution is -2.41. The number of rotatable bonds is 4. The monoisotopic (exact) mass is 315 g/mol. The minimum Gasteiger partial charge on any atom is -0.346 e. The highest BCUT2D eigenvalue weighted by Crippen LogP contribution is 2.35. The summed E-state index contributed by atoms with van der Waals surface area (Å²) in [4.78, 5) is 24.3. The molecule has 1 atom stereocenters. The highest BCUT2D eigenvalue weighted by Gasteiger charge is 2.28. The minimum absolute atomic E-state index is 0.153. The molecule has 5 nitrogen and oxygen atoms in total. The molecule has 1 aliphatic rings. The third kappa shape index (κ3) is 3.70. The molecule has 1 heterocycles. The van der Waals surface area contributed by atoms with Crippen molar-refractivity contribution in [1.82, 2.24) is 5.32 Å². The molecule has 0 saturated heterocycles. The van der Waals surface area contributed by atoms with Gasteiger partial charge >= 0.3 is 0 Å². The van der Waals surface area contributed by atoms with Crippen LogP contribution in [0.4, 0.5) is 14.5 Å². The van der Waals surface area contributed by atoms with E-state index in [9.17, 15) is 18.4 Å². The summed E-state index contributed by atoms with van der Waals surface area (Å²) < 4.78 is 26.0. The lowest BCUT2D eigenvalue weighted by Gasteiger charge is -2.22. The number of thioether (sulfide) groups is 1. The molecule has 0 spiro atoms. The lowest BCUT2D eigenvalue weighted by atomic mass is 10.1. The summed E-state index contributed by atoms with van der Waals surface area (Å²) in [6, 6.07) is 4.69. The maximum atomic E-state index is 13.0. The smallest absolute Gasteiger partial charge is 0.277 e. The summed E-state index contributed by atoms with van der Waals surface area (Å²) in [5, 5.41) is 4.60. The van der Waals surface area contributed by atoms with Crippen LogP contribution in [0.1, 0.15) is 17.3 Å². The zero-order valence-corrected chi connectivity index (χ0v) is 12.1. The quantitative estimate of drug-likeness (QED) is 0.785. The molecule has 1 aromatic carbocycles. The number of carbonyl (C=O) groups excluding carboxylic acids is 2. The first-order valence-corrected chi connectivity index (χ1v) is 7.18. The molecular weight excluding hydrogens is 300 g/mol. The van der Waals surface area contributed by atoms with E-state index in [-0.39, 0.29) is 16.7 Å². The van der Waals surface area contributed by atoms with Gasteiger partial charge in [0.2, 0.25) is 5.91 Å². The molecule has 1 unspecified atom stereocenters. The molecule has 0 aromatic heterocycles. The molecule has 0 bridgehead atoms. The van der Waals surface area contributed by atoms with E-state index in [1.165, 1.54) is 23.9 Å². The van der Waals surface area contributed by atoms with Crippen molar-refractivity contribution in [2.24, 2.45) is 5.73 Å².